The number of fused-ring (bicyclic) bond motifs is 2. The van der Waals surface area contributed by atoms with Gasteiger partial charge in [0, 0.05) is 48.5 Å². The summed E-state index contributed by atoms with van der Waals surface area (Å²) in [5.74, 6) is 0.194. The number of alkyl halides is 2. The Bertz CT molecular complexity index is 2520. The van der Waals surface area contributed by atoms with Crippen molar-refractivity contribution < 1.29 is 27.2 Å². The molecule has 2 fully saturated rings. The van der Waals surface area contributed by atoms with Gasteiger partial charge in [0.2, 0.25) is 5.91 Å². The monoisotopic (exact) mass is 779 g/mol. The number of amides is 3. The fourth-order valence-corrected chi connectivity index (χ4v) is 7.94. The second-order valence-corrected chi connectivity index (χ2v) is 14.8. The molecular weight excluding hydrogens is 739 g/mol. The maximum atomic E-state index is 15.2. The van der Waals surface area contributed by atoms with E-state index >= 15 is 8.78 Å². The molecule has 3 amide bonds. The smallest absolute Gasteiger partial charge is 0.329 e. The second-order valence-electron chi connectivity index (χ2n) is 14.8. The van der Waals surface area contributed by atoms with Gasteiger partial charge in [-0.2, -0.15) is 5.10 Å². The molecule has 6 aromatic rings. The van der Waals surface area contributed by atoms with Gasteiger partial charge in [-0.05, 0) is 99.6 Å². The number of nitrogens with zero attached hydrogens (tertiary/aromatic N) is 7. The number of likely N-dealkylation sites (tertiary alicyclic amines) is 1. The minimum absolute atomic E-state index is 0.0886. The predicted molar refractivity (Wildman–Crippen MR) is 209 cm³/mol. The van der Waals surface area contributed by atoms with Crippen LogP contribution in [0.4, 0.5) is 34.0 Å². The maximum absolute atomic E-state index is 15.2. The van der Waals surface area contributed by atoms with Crippen LogP contribution < -0.4 is 15.5 Å². The van der Waals surface area contributed by atoms with Gasteiger partial charge >= 0.3 is 6.03 Å². The fraction of sp³-hybridized carbons (Fsp3) is 0.333. The summed E-state index contributed by atoms with van der Waals surface area (Å²) in [4.78, 5) is 41.7. The number of carbonyl (C=O) groups excluding carboxylic acids is 2. The minimum atomic E-state index is -2.94. The highest BCUT2D eigenvalue weighted by Gasteiger charge is 2.29. The molecule has 11 nitrogen and oxygen atoms in total. The normalized spacial score (nSPS) is 16.2. The molecule has 1 atom stereocenters. The van der Waals surface area contributed by atoms with Crippen LogP contribution in [0.5, 0.6) is 0 Å². The van der Waals surface area contributed by atoms with Gasteiger partial charge < -0.3 is 10.2 Å². The van der Waals surface area contributed by atoms with Gasteiger partial charge in [-0.15, -0.1) is 0 Å². The van der Waals surface area contributed by atoms with Crippen molar-refractivity contribution in [1.82, 2.24) is 34.9 Å². The standard InChI is InChI=1S/C42H41F4N9O2/c1-23(29-5-4-6-31(38(29)44)39(45)46)48-40-32-21-34(47-22-35(32)49-24(2)50-40)28-8-10-33(43)27(19-28)13-17-54-15-11-25(12-16-54)26-7-9-30-36(20-26)53(3)52-41(30)55-18-14-37(56)51-42(55)57/h4-10,19-23,25,39H,11-18H2,1-3H3,(H,48,49,50)(H,51,56,57). The van der Waals surface area contributed by atoms with Gasteiger partial charge in [-0.25, -0.2) is 32.3 Å². The quantitative estimate of drug-likeness (QED) is 0.134. The van der Waals surface area contributed by atoms with Gasteiger partial charge in [0.05, 0.1) is 34.5 Å². The molecule has 0 radical (unpaired) electrons. The molecule has 294 valence electrons. The Labute approximate surface area is 326 Å². The zero-order valence-corrected chi connectivity index (χ0v) is 31.7. The van der Waals surface area contributed by atoms with Crippen molar-refractivity contribution in [3.8, 4) is 11.3 Å². The van der Waals surface area contributed by atoms with Crippen LogP contribution in [0.15, 0.2) is 66.9 Å². The van der Waals surface area contributed by atoms with Crippen LogP contribution in [0.25, 0.3) is 33.1 Å². The molecule has 15 heteroatoms. The topological polar surface area (TPSA) is 121 Å². The lowest BCUT2D eigenvalue weighted by Gasteiger charge is -2.32. The molecule has 5 heterocycles. The minimum Gasteiger partial charge on any atom is -0.363 e. The van der Waals surface area contributed by atoms with E-state index in [1.54, 1.807) is 36.9 Å². The lowest BCUT2D eigenvalue weighted by Crippen LogP contribution is -2.49. The van der Waals surface area contributed by atoms with E-state index in [0.29, 0.717) is 64.1 Å². The number of hydrogen-bond donors (Lipinski definition) is 2. The maximum Gasteiger partial charge on any atom is 0.329 e. The second kappa shape index (κ2) is 15.5. The number of carbonyl (C=O) groups is 2. The number of imide groups is 1. The van der Waals surface area contributed by atoms with Gasteiger partial charge in [-0.3, -0.25) is 24.7 Å². The first-order valence-electron chi connectivity index (χ1n) is 19.0. The Morgan fingerprint density at radius 1 is 0.947 bits per heavy atom. The highest BCUT2D eigenvalue weighted by Crippen LogP contribution is 2.35. The van der Waals surface area contributed by atoms with Crippen molar-refractivity contribution in [2.24, 2.45) is 7.05 Å². The number of aromatic nitrogens is 5. The molecule has 0 bridgehead atoms. The van der Waals surface area contributed by atoms with Crippen molar-refractivity contribution >= 4 is 45.4 Å². The van der Waals surface area contributed by atoms with Crippen LogP contribution in [0.1, 0.15) is 72.6 Å². The molecule has 57 heavy (non-hydrogen) atoms. The molecule has 3 aromatic heterocycles. The number of benzene rings is 3. The Morgan fingerprint density at radius 3 is 2.51 bits per heavy atom. The highest BCUT2D eigenvalue weighted by atomic mass is 19.3. The van der Waals surface area contributed by atoms with Crippen molar-refractivity contribution in [3.63, 3.8) is 0 Å². The summed E-state index contributed by atoms with van der Waals surface area (Å²) in [6, 6.07) is 15.8. The summed E-state index contributed by atoms with van der Waals surface area (Å²) in [6.07, 6.45) is 1.29. The summed E-state index contributed by atoms with van der Waals surface area (Å²) < 4.78 is 58.8. The number of rotatable bonds is 10. The third kappa shape index (κ3) is 7.63. The predicted octanol–water partition coefficient (Wildman–Crippen LogP) is 8.14. The van der Waals surface area contributed by atoms with E-state index in [-0.39, 0.29) is 30.3 Å². The molecule has 2 saturated heterocycles. The molecule has 0 saturated carbocycles. The van der Waals surface area contributed by atoms with E-state index in [2.05, 4.69) is 47.7 Å². The summed E-state index contributed by atoms with van der Waals surface area (Å²) in [6.45, 7) is 6.09. The van der Waals surface area contributed by atoms with Crippen LogP contribution in [0, 0.1) is 18.6 Å². The highest BCUT2D eigenvalue weighted by molar-refractivity contribution is 6.08. The van der Waals surface area contributed by atoms with Crippen molar-refractivity contribution in [2.75, 3.05) is 36.4 Å². The first-order chi connectivity index (χ1) is 27.4. The SMILES string of the molecule is Cc1nc(NC(C)c2cccc(C(F)F)c2F)c2cc(-c3ccc(F)c(CCN4CCC(c5ccc6c(N7CCC(=O)NC7=O)nn(C)c6c5)CC4)c3)ncc2n1. The molecule has 3 aromatic carbocycles. The number of hydrogen-bond acceptors (Lipinski definition) is 8. The van der Waals surface area contributed by atoms with Crippen molar-refractivity contribution in [1.29, 1.82) is 0 Å². The number of urea groups is 1. The van der Waals surface area contributed by atoms with Crippen molar-refractivity contribution in [3.05, 3.63) is 107 Å². The van der Waals surface area contributed by atoms with Gasteiger partial charge in [0.1, 0.15) is 23.3 Å². The average Bonchev–Trinajstić information content (AvgIpc) is 3.52. The average molecular weight is 780 g/mol. The Kier molecular flexibility index (Phi) is 10.3. The number of nitrogens with one attached hydrogen (secondary N) is 2. The van der Waals surface area contributed by atoms with E-state index in [4.69, 9.17) is 0 Å². The lowest BCUT2D eigenvalue weighted by molar-refractivity contribution is -0.120. The van der Waals surface area contributed by atoms with Gasteiger partial charge in [-0.1, -0.05) is 24.3 Å². The lowest BCUT2D eigenvalue weighted by atomic mass is 9.89. The Balaban J connectivity index is 0.937. The van der Waals surface area contributed by atoms with Gasteiger partial charge in [0.25, 0.3) is 6.43 Å². The van der Waals surface area contributed by atoms with E-state index in [0.717, 1.165) is 42.9 Å². The van der Waals surface area contributed by atoms with Crippen LogP contribution in [-0.2, 0) is 18.3 Å². The number of aryl methyl sites for hydroxylation is 2. The summed E-state index contributed by atoms with van der Waals surface area (Å²) >= 11 is 0. The summed E-state index contributed by atoms with van der Waals surface area (Å²) in [5.41, 5.74) is 3.96. The van der Waals surface area contributed by atoms with E-state index in [9.17, 15) is 18.4 Å². The molecule has 8 rings (SSSR count). The van der Waals surface area contributed by atoms with Crippen LogP contribution in [0.2, 0.25) is 0 Å². The third-order valence-electron chi connectivity index (χ3n) is 11.1. The van der Waals surface area contributed by atoms with E-state index in [1.165, 1.54) is 28.7 Å². The molecule has 2 aliphatic heterocycles. The fourth-order valence-electron chi connectivity index (χ4n) is 7.94. The van der Waals surface area contributed by atoms with E-state index < -0.39 is 29.9 Å². The van der Waals surface area contributed by atoms with E-state index in [1.807, 2.05) is 19.2 Å². The van der Waals surface area contributed by atoms with Crippen molar-refractivity contribution in [2.45, 2.75) is 57.9 Å². The summed E-state index contributed by atoms with van der Waals surface area (Å²) in [5, 5.41) is 11.6. The van der Waals surface area contributed by atoms with Gasteiger partial charge in [0.15, 0.2) is 5.82 Å². The largest absolute Gasteiger partial charge is 0.363 e. The zero-order valence-electron chi connectivity index (χ0n) is 31.7. The summed E-state index contributed by atoms with van der Waals surface area (Å²) in [7, 11) is 1.85. The van der Waals surface area contributed by atoms with Crippen LogP contribution >= 0.6 is 0 Å². The molecule has 0 spiro atoms. The third-order valence-corrected chi connectivity index (χ3v) is 11.1. The molecule has 1 unspecified atom stereocenters. The van der Waals surface area contributed by atoms with Crippen LogP contribution in [0.3, 0.4) is 0 Å². The zero-order chi connectivity index (χ0) is 40.0. The number of piperidine rings is 1. The molecule has 2 N–H and O–H groups in total. The number of pyridine rings is 1. The van der Waals surface area contributed by atoms with Crippen LogP contribution in [-0.4, -0.2) is 67.7 Å². The Morgan fingerprint density at radius 2 is 1.74 bits per heavy atom. The first-order valence-corrected chi connectivity index (χ1v) is 19.0. The first kappa shape index (κ1) is 37.9. The molecular formula is C42H41F4N9O2. The Hall–Kier alpha value is -5.96. The molecule has 2 aliphatic rings. The number of anilines is 2. The number of halogens is 4. The molecule has 0 aliphatic carbocycles.